The molecule has 9 heteroatoms. The Hall–Kier alpha value is -4.53. The van der Waals surface area contributed by atoms with Gasteiger partial charge in [0.2, 0.25) is 0 Å². The minimum absolute atomic E-state index is 0.118. The Labute approximate surface area is 298 Å². The van der Waals surface area contributed by atoms with E-state index in [1.807, 2.05) is 69.3 Å². The van der Waals surface area contributed by atoms with Crippen LogP contribution < -0.4 is 0 Å². The van der Waals surface area contributed by atoms with Crippen LogP contribution in [0.5, 0.6) is 0 Å². The molecule has 9 fully saturated rings. The topological polar surface area (TPSA) is 88.6 Å². The van der Waals surface area contributed by atoms with Crippen LogP contribution in [-0.2, 0) is 14.2 Å². The lowest BCUT2D eigenvalue weighted by molar-refractivity contribution is 0.153. The van der Waals surface area contributed by atoms with Gasteiger partial charge in [-0.3, -0.25) is 14.7 Å². The van der Waals surface area contributed by atoms with E-state index in [2.05, 4.69) is 36.4 Å². The highest BCUT2D eigenvalue weighted by molar-refractivity contribution is 5.73. The van der Waals surface area contributed by atoms with E-state index in [0.717, 1.165) is 0 Å². The molecule has 51 heavy (non-hydrogen) atoms. The van der Waals surface area contributed by atoms with Gasteiger partial charge in [0.05, 0.1) is 18.1 Å². The normalized spacial score (nSPS) is 32.7. The van der Waals surface area contributed by atoms with Gasteiger partial charge >= 0.3 is 18.3 Å². The molecule has 6 saturated carbocycles. The second-order valence-corrected chi connectivity index (χ2v) is 16.5. The smallest absolute Gasteiger partial charge is 0.410 e. The molecule has 3 saturated heterocycles. The van der Waals surface area contributed by atoms with E-state index in [1.54, 1.807) is 0 Å². The van der Waals surface area contributed by atoms with E-state index < -0.39 is 0 Å². The van der Waals surface area contributed by atoms with E-state index >= 15 is 0 Å². The maximum atomic E-state index is 11.9. The van der Waals surface area contributed by atoms with Crippen LogP contribution >= 0.6 is 0 Å². The van der Waals surface area contributed by atoms with Crippen molar-refractivity contribution in [3.63, 3.8) is 0 Å². The van der Waals surface area contributed by atoms with Gasteiger partial charge < -0.3 is 14.2 Å². The first-order valence-electron chi connectivity index (χ1n) is 18.9. The number of rotatable bonds is 6. The van der Waals surface area contributed by atoms with E-state index in [0.29, 0.717) is 54.2 Å². The van der Waals surface area contributed by atoms with Crippen LogP contribution in [0.15, 0.2) is 91.0 Å². The fraction of sp³-hybridized carbons (Fsp3) is 0.500. The number of cyclic esters (lactones) is 3. The predicted molar refractivity (Wildman–Crippen MR) is 187 cm³/mol. The first-order valence-corrected chi connectivity index (χ1v) is 18.9. The second-order valence-electron chi connectivity index (χ2n) is 16.5. The van der Waals surface area contributed by atoms with Crippen molar-refractivity contribution < 1.29 is 28.6 Å². The van der Waals surface area contributed by atoms with E-state index in [1.165, 1.54) is 74.5 Å². The number of hydrogen-bond donors (Lipinski definition) is 0. The van der Waals surface area contributed by atoms with Crippen molar-refractivity contribution in [3.8, 4) is 0 Å². The quantitative estimate of drug-likeness (QED) is 0.243. The fourth-order valence-corrected chi connectivity index (χ4v) is 9.38. The lowest BCUT2D eigenvalue weighted by atomic mass is 10.1. The third-order valence-electron chi connectivity index (χ3n) is 13.4. The highest BCUT2D eigenvalue weighted by Gasteiger charge is 2.69. The first kappa shape index (κ1) is 31.2. The maximum absolute atomic E-state index is 11.9. The number of carbonyl (C=O) groups is 3. The molecule has 3 amide bonds. The summed E-state index contributed by atoms with van der Waals surface area (Å²) in [6.45, 7) is 1.53. The first-order chi connectivity index (χ1) is 24.9. The lowest BCUT2D eigenvalue weighted by Gasteiger charge is -2.22. The minimum atomic E-state index is -0.118. The molecule has 9 nitrogen and oxygen atoms in total. The second kappa shape index (κ2) is 11.5. The molecule has 0 unspecified atom stereocenters. The molecule has 3 aliphatic heterocycles. The number of carbonyl (C=O) groups excluding carboxylic acids is 3. The molecule has 0 bridgehead atoms. The Kier molecular flexibility index (Phi) is 7.03. The summed E-state index contributed by atoms with van der Waals surface area (Å²) >= 11 is 0. The van der Waals surface area contributed by atoms with Gasteiger partial charge in [-0.2, -0.15) is 0 Å². The van der Waals surface area contributed by atoms with Crippen LogP contribution in [0.3, 0.4) is 0 Å². The van der Waals surface area contributed by atoms with Crippen molar-refractivity contribution in [2.24, 2.45) is 16.2 Å². The summed E-state index contributed by atoms with van der Waals surface area (Å²) in [6.07, 6.45) is 11.0. The van der Waals surface area contributed by atoms with Gasteiger partial charge in [-0.15, -0.1) is 0 Å². The fourth-order valence-electron chi connectivity index (χ4n) is 9.38. The van der Waals surface area contributed by atoms with Crippen LogP contribution in [0.1, 0.15) is 92.6 Å². The molecule has 3 heterocycles. The Morgan fingerprint density at radius 3 is 0.882 bits per heavy atom. The molecule has 6 aliphatic carbocycles. The SMILES string of the molecule is O=C1OC[C@H](c2ccccc2)N1[C@@H]1CC12CC2.O=C1OC[C@H](c2ccccc2)N1[C@@H]1CC12CC2.O=C1OC[C@H](c2ccccc2)N1[C@@H]1CC12CC2. The van der Waals surface area contributed by atoms with Crippen LogP contribution in [0.2, 0.25) is 0 Å². The van der Waals surface area contributed by atoms with E-state index in [9.17, 15) is 14.4 Å². The van der Waals surface area contributed by atoms with Crippen molar-refractivity contribution in [1.82, 2.24) is 14.7 Å². The monoisotopic (exact) mass is 687 g/mol. The zero-order valence-electron chi connectivity index (χ0n) is 28.9. The summed E-state index contributed by atoms with van der Waals surface area (Å²) in [6, 6.07) is 32.4. The van der Waals surface area contributed by atoms with Crippen LogP contribution in [0.25, 0.3) is 0 Å². The summed E-state index contributed by atoms with van der Waals surface area (Å²) in [7, 11) is 0. The average molecular weight is 688 g/mol. The number of nitrogens with zero attached hydrogens (tertiary/aromatic N) is 3. The molecular formula is C42H45N3O6. The molecule has 0 aromatic heterocycles. The number of amides is 3. The van der Waals surface area contributed by atoms with Gasteiger partial charge in [0, 0.05) is 18.1 Å². The van der Waals surface area contributed by atoms with Crippen LogP contribution in [0.4, 0.5) is 14.4 Å². The van der Waals surface area contributed by atoms with Crippen molar-refractivity contribution in [2.45, 2.75) is 94.0 Å². The number of benzene rings is 3. The molecule has 3 aromatic rings. The van der Waals surface area contributed by atoms with E-state index in [-0.39, 0.29) is 36.4 Å². The molecule has 0 N–H and O–H groups in total. The van der Waals surface area contributed by atoms with Gasteiger partial charge in [-0.25, -0.2) is 14.4 Å². The third-order valence-corrected chi connectivity index (χ3v) is 13.4. The minimum Gasteiger partial charge on any atom is -0.447 e. The highest BCUT2D eigenvalue weighted by atomic mass is 16.6. The van der Waals surface area contributed by atoms with Gasteiger partial charge in [-0.1, -0.05) is 91.0 Å². The van der Waals surface area contributed by atoms with E-state index in [4.69, 9.17) is 14.2 Å². The molecule has 6 atom stereocenters. The largest absolute Gasteiger partial charge is 0.447 e. The van der Waals surface area contributed by atoms with Gasteiger partial charge in [0.1, 0.15) is 19.8 Å². The summed E-state index contributed by atoms with van der Waals surface area (Å²) in [5.41, 5.74) is 5.08. The highest BCUT2D eigenvalue weighted by Crippen LogP contribution is 2.71. The van der Waals surface area contributed by atoms with Gasteiger partial charge in [-0.05, 0) is 90.7 Å². The van der Waals surface area contributed by atoms with Crippen molar-refractivity contribution in [1.29, 1.82) is 0 Å². The lowest BCUT2D eigenvalue weighted by Crippen LogP contribution is -2.31. The zero-order chi connectivity index (χ0) is 34.4. The van der Waals surface area contributed by atoms with Crippen molar-refractivity contribution in [3.05, 3.63) is 108 Å². The summed E-state index contributed by atoms with van der Waals surface area (Å²) in [4.78, 5) is 41.5. The maximum Gasteiger partial charge on any atom is 0.410 e. The number of hydrogen-bond acceptors (Lipinski definition) is 6. The zero-order valence-corrected chi connectivity index (χ0v) is 28.9. The molecular weight excluding hydrogens is 642 g/mol. The molecule has 3 aromatic carbocycles. The van der Waals surface area contributed by atoms with Gasteiger partial charge in [0.15, 0.2) is 0 Å². The summed E-state index contributed by atoms with van der Waals surface area (Å²) in [5, 5.41) is 0. The molecule has 3 spiro atoms. The standard InChI is InChI=1S/3C14H15NO2/c3*16-13-15(12-8-14(12)6-7-14)11(9-17-13)10-4-2-1-3-5-10/h3*1-5,11-12H,6-9H2/t3*11-,12-/m111/s1. The molecule has 264 valence electrons. The number of ether oxygens (including phenoxy) is 3. The Morgan fingerprint density at radius 2 is 0.667 bits per heavy atom. The van der Waals surface area contributed by atoms with Crippen LogP contribution in [0, 0.1) is 16.2 Å². The summed E-state index contributed by atoms with van der Waals surface area (Å²) in [5.74, 6) is 0. The molecule has 0 radical (unpaired) electrons. The predicted octanol–water partition coefficient (Wildman–Crippen LogP) is 8.20. The van der Waals surface area contributed by atoms with Crippen molar-refractivity contribution in [2.75, 3.05) is 19.8 Å². The molecule has 9 aliphatic rings. The van der Waals surface area contributed by atoms with Crippen LogP contribution in [-0.4, -0.2) is 70.9 Å². The third kappa shape index (κ3) is 5.55. The Morgan fingerprint density at radius 1 is 0.412 bits per heavy atom. The van der Waals surface area contributed by atoms with Gasteiger partial charge in [0.25, 0.3) is 0 Å². The van der Waals surface area contributed by atoms with Crippen molar-refractivity contribution >= 4 is 18.3 Å². The average Bonchev–Trinajstić information content (AvgIpc) is 3.91. The Bertz CT molecular complexity index is 1610. The Balaban J connectivity index is 0.0000000963. The molecule has 12 rings (SSSR count). The summed E-state index contributed by atoms with van der Waals surface area (Å²) < 4.78 is 15.7.